The molecule has 0 bridgehead atoms. The Hall–Kier alpha value is -2.80. The van der Waals surface area contributed by atoms with Crippen molar-refractivity contribution in [3.63, 3.8) is 0 Å². The first-order chi connectivity index (χ1) is 12.1. The van der Waals surface area contributed by atoms with Crippen LogP contribution in [0.2, 0.25) is 0 Å². The highest BCUT2D eigenvalue weighted by Crippen LogP contribution is 2.16. The molecule has 0 aliphatic carbocycles. The van der Waals surface area contributed by atoms with E-state index in [-0.39, 0.29) is 11.1 Å². The van der Waals surface area contributed by atoms with Crippen molar-refractivity contribution in [2.24, 2.45) is 0 Å². The van der Waals surface area contributed by atoms with Gasteiger partial charge in [-0.15, -0.1) is 0 Å². The maximum absolute atomic E-state index is 12.0. The lowest BCUT2D eigenvalue weighted by Crippen LogP contribution is -2.09. The van der Waals surface area contributed by atoms with E-state index >= 15 is 0 Å². The molecule has 0 saturated heterocycles. The van der Waals surface area contributed by atoms with E-state index in [1.165, 1.54) is 23.9 Å². The van der Waals surface area contributed by atoms with E-state index in [0.29, 0.717) is 28.4 Å². The minimum atomic E-state index is -0.958. The molecular formula is C18H16N2O4S. The molecule has 25 heavy (non-hydrogen) atoms. The first kappa shape index (κ1) is 17.0. The summed E-state index contributed by atoms with van der Waals surface area (Å²) in [7, 11) is 0. The fraction of sp³-hybridized carbons (Fsp3) is 0.167. The van der Waals surface area contributed by atoms with Crippen molar-refractivity contribution in [1.82, 2.24) is 9.97 Å². The van der Waals surface area contributed by atoms with Crippen LogP contribution in [0.15, 0.2) is 58.5 Å². The van der Waals surface area contributed by atoms with Gasteiger partial charge in [-0.3, -0.25) is 4.79 Å². The molecule has 2 N–H and O–H groups in total. The van der Waals surface area contributed by atoms with Gasteiger partial charge in [-0.25, -0.2) is 9.78 Å². The molecule has 6 nitrogen and oxygen atoms in total. The van der Waals surface area contributed by atoms with Gasteiger partial charge >= 0.3 is 5.97 Å². The Bertz CT molecular complexity index is 938. The normalized spacial score (nSPS) is 10.7. The number of ether oxygens (including phenoxy) is 1. The van der Waals surface area contributed by atoms with Gasteiger partial charge in [0.1, 0.15) is 5.75 Å². The number of nitrogens with one attached hydrogen (secondary N) is 1. The maximum atomic E-state index is 12.0. The van der Waals surface area contributed by atoms with Gasteiger partial charge in [0.25, 0.3) is 5.56 Å². The second-order valence-electron chi connectivity index (χ2n) is 5.27. The molecule has 0 unspecified atom stereocenters. The molecule has 128 valence electrons. The molecule has 0 saturated carbocycles. The molecule has 0 atom stereocenters. The molecule has 2 aromatic carbocycles. The number of nitrogens with zero attached hydrogens (tertiary/aromatic N) is 1. The third kappa shape index (κ3) is 4.39. The van der Waals surface area contributed by atoms with Crippen LogP contribution < -0.4 is 10.3 Å². The summed E-state index contributed by atoms with van der Waals surface area (Å²) in [5.74, 6) is 0.418. The van der Waals surface area contributed by atoms with Gasteiger partial charge in [0.05, 0.1) is 23.1 Å². The number of aromatic nitrogens is 2. The summed E-state index contributed by atoms with van der Waals surface area (Å²) >= 11 is 1.47. The zero-order chi connectivity index (χ0) is 17.6. The van der Waals surface area contributed by atoms with Gasteiger partial charge in [-0.1, -0.05) is 23.9 Å². The summed E-state index contributed by atoms with van der Waals surface area (Å²) < 4.78 is 5.57. The Balaban J connectivity index is 1.48. The van der Waals surface area contributed by atoms with Crippen LogP contribution in [-0.2, 0) is 0 Å². The number of H-pyrrole nitrogens is 1. The van der Waals surface area contributed by atoms with Crippen LogP contribution in [0.25, 0.3) is 10.9 Å². The number of hydrogen-bond donors (Lipinski definition) is 2. The lowest BCUT2D eigenvalue weighted by Gasteiger charge is -2.06. The van der Waals surface area contributed by atoms with Gasteiger partial charge < -0.3 is 14.8 Å². The van der Waals surface area contributed by atoms with Crippen LogP contribution in [0.3, 0.4) is 0 Å². The van der Waals surface area contributed by atoms with Crippen molar-refractivity contribution in [2.75, 3.05) is 12.4 Å². The van der Waals surface area contributed by atoms with Crippen molar-refractivity contribution < 1.29 is 14.6 Å². The SMILES string of the molecule is O=C(O)c1ccc(OCCCSc2nc3ccccc3c(=O)[nH]2)cc1. The minimum absolute atomic E-state index is 0.136. The van der Waals surface area contributed by atoms with Gasteiger partial charge in [0.2, 0.25) is 0 Å². The number of aromatic carboxylic acids is 1. The number of aromatic amines is 1. The van der Waals surface area contributed by atoms with E-state index in [4.69, 9.17) is 9.84 Å². The molecule has 0 radical (unpaired) electrons. The number of benzene rings is 2. The minimum Gasteiger partial charge on any atom is -0.494 e. The Morgan fingerprint density at radius 1 is 1.16 bits per heavy atom. The fourth-order valence-corrected chi connectivity index (χ4v) is 3.03. The largest absolute Gasteiger partial charge is 0.494 e. The van der Waals surface area contributed by atoms with E-state index in [9.17, 15) is 9.59 Å². The number of carbonyl (C=O) groups is 1. The molecular weight excluding hydrogens is 340 g/mol. The summed E-state index contributed by atoms with van der Waals surface area (Å²) in [4.78, 5) is 30.0. The maximum Gasteiger partial charge on any atom is 0.335 e. The summed E-state index contributed by atoms with van der Waals surface area (Å²) in [5, 5.41) is 10.0. The number of rotatable bonds is 7. The van der Waals surface area contributed by atoms with E-state index in [1.807, 2.05) is 18.2 Å². The Kier molecular flexibility index (Phi) is 5.35. The number of thioether (sulfide) groups is 1. The van der Waals surface area contributed by atoms with Crippen LogP contribution in [0.5, 0.6) is 5.75 Å². The summed E-state index contributed by atoms with van der Waals surface area (Å²) in [6.45, 7) is 0.497. The highest BCUT2D eigenvalue weighted by Gasteiger charge is 2.04. The summed E-state index contributed by atoms with van der Waals surface area (Å²) in [6.07, 6.45) is 0.766. The molecule has 0 spiro atoms. The van der Waals surface area contributed by atoms with E-state index < -0.39 is 5.97 Å². The molecule has 1 aromatic heterocycles. The molecule has 1 heterocycles. The number of hydrogen-bond acceptors (Lipinski definition) is 5. The van der Waals surface area contributed by atoms with Gasteiger partial charge in [-0.2, -0.15) is 0 Å². The zero-order valence-electron chi connectivity index (χ0n) is 13.3. The molecule has 7 heteroatoms. The number of fused-ring (bicyclic) bond motifs is 1. The van der Waals surface area contributed by atoms with E-state index in [0.717, 1.165) is 12.2 Å². The van der Waals surface area contributed by atoms with Crippen molar-refractivity contribution in [1.29, 1.82) is 0 Å². The number of carboxylic acid groups (broad SMARTS) is 1. The highest BCUT2D eigenvalue weighted by atomic mass is 32.2. The van der Waals surface area contributed by atoms with Gasteiger partial charge in [0.15, 0.2) is 5.16 Å². The fourth-order valence-electron chi connectivity index (χ4n) is 2.24. The molecule has 3 aromatic rings. The van der Waals surface area contributed by atoms with Crippen LogP contribution in [0.1, 0.15) is 16.8 Å². The lowest BCUT2D eigenvalue weighted by atomic mass is 10.2. The van der Waals surface area contributed by atoms with Gasteiger partial charge in [0, 0.05) is 5.75 Å². The Labute approximate surface area is 147 Å². The number of carboxylic acids is 1. The van der Waals surface area contributed by atoms with Crippen LogP contribution in [-0.4, -0.2) is 33.4 Å². The molecule has 3 rings (SSSR count). The van der Waals surface area contributed by atoms with Crippen molar-refractivity contribution in [3.8, 4) is 5.75 Å². The standard InChI is InChI=1S/C18H16N2O4S/c21-16-14-4-1-2-5-15(14)19-18(20-16)25-11-3-10-24-13-8-6-12(7-9-13)17(22)23/h1-2,4-9H,3,10-11H2,(H,22,23)(H,19,20,21). The molecule has 0 fully saturated rings. The molecule has 0 aliphatic heterocycles. The third-order valence-corrected chi connectivity index (χ3v) is 4.45. The summed E-state index contributed by atoms with van der Waals surface area (Å²) in [5.41, 5.74) is 0.778. The Morgan fingerprint density at radius 2 is 1.92 bits per heavy atom. The topological polar surface area (TPSA) is 92.3 Å². The third-order valence-electron chi connectivity index (χ3n) is 3.49. The molecule has 0 aliphatic rings. The second-order valence-corrected chi connectivity index (χ2v) is 6.35. The second kappa shape index (κ2) is 7.85. The van der Waals surface area contributed by atoms with Crippen LogP contribution >= 0.6 is 11.8 Å². The smallest absolute Gasteiger partial charge is 0.335 e. The first-order valence-corrected chi connectivity index (χ1v) is 8.70. The van der Waals surface area contributed by atoms with Crippen molar-refractivity contribution >= 4 is 28.6 Å². The van der Waals surface area contributed by atoms with Crippen LogP contribution in [0, 0.1) is 0 Å². The molecule has 0 amide bonds. The number of para-hydroxylation sites is 1. The average Bonchev–Trinajstić information content (AvgIpc) is 2.62. The zero-order valence-corrected chi connectivity index (χ0v) is 14.1. The quantitative estimate of drug-likeness (QED) is 0.384. The van der Waals surface area contributed by atoms with E-state index in [1.54, 1.807) is 18.2 Å². The van der Waals surface area contributed by atoms with Gasteiger partial charge in [-0.05, 0) is 42.8 Å². The van der Waals surface area contributed by atoms with Crippen molar-refractivity contribution in [2.45, 2.75) is 11.6 Å². The first-order valence-electron chi connectivity index (χ1n) is 7.71. The Morgan fingerprint density at radius 3 is 2.68 bits per heavy atom. The predicted octanol–water partition coefficient (Wildman–Crippen LogP) is 3.18. The van der Waals surface area contributed by atoms with Crippen molar-refractivity contribution in [3.05, 3.63) is 64.4 Å². The highest BCUT2D eigenvalue weighted by molar-refractivity contribution is 7.99. The average molecular weight is 356 g/mol. The lowest BCUT2D eigenvalue weighted by molar-refractivity contribution is 0.0697. The predicted molar refractivity (Wildman–Crippen MR) is 96.6 cm³/mol. The monoisotopic (exact) mass is 356 g/mol. The van der Waals surface area contributed by atoms with E-state index in [2.05, 4.69) is 9.97 Å². The summed E-state index contributed by atoms with van der Waals surface area (Å²) in [6, 6.07) is 13.5. The van der Waals surface area contributed by atoms with Crippen LogP contribution in [0.4, 0.5) is 0 Å².